The van der Waals surface area contributed by atoms with Crippen molar-refractivity contribution in [1.82, 2.24) is 15.8 Å². The third-order valence-corrected chi connectivity index (χ3v) is 4.51. The summed E-state index contributed by atoms with van der Waals surface area (Å²) in [4.78, 5) is 14.3. The number of rotatable bonds is 7. The smallest absolute Gasteiger partial charge is 0.267 e. The summed E-state index contributed by atoms with van der Waals surface area (Å²) >= 11 is 0. The van der Waals surface area contributed by atoms with Gasteiger partial charge in [0.25, 0.3) is 5.91 Å². The van der Waals surface area contributed by atoms with Gasteiger partial charge in [0.05, 0.1) is 0 Å². The monoisotopic (exact) mass is 367 g/mol. The molecular formula is C21H22FN3O2. The van der Waals surface area contributed by atoms with Crippen molar-refractivity contribution in [1.29, 1.82) is 0 Å². The summed E-state index contributed by atoms with van der Waals surface area (Å²) in [6.45, 7) is 3.23. The summed E-state index contributed by atoms with van der Waals surface area (Å²) in [6.07, 6.45) is 3.43. The van der Waals surface area contributed by atoms with Gasteiger partial charge in [-0.15, -0.1) is 0 Å². The number of nitrogens with one attached hydrogen (secondary N) is 3. The van der Waals surface area contributed by atoms with Crippen LogP contribution in [-0.2, 0) is 17.8 Å². The molecule has 1 heterocycles. The van der Waals surface area contributed by atoms with Gasteiger partial charge in [0, 0.05) is 34.8 Å². The maximum Gasteiger partial charge on any atom is 0.267 e. The molecule has 27 heavy (non-hydrogen) atoms. The van der Waals surface area contributed by atoms with Gasteiger partial charge in [0.1, 0.15) is 5.82 Å². The van der Waals surface area contributed by atoms with Crippen molar-refractivity contribution < 1.29 is 14.4 Å². The molecule has 0 radical (unpaired) electrons. The number of fused-ring (bicyclic) bond motifs is 1. The molecule has 0 bridgehead atoms. The first-order valence-electron chi connectivity index (χ1n) is 8.76. The molecule has 2 aromatic carbocycles. The number of halogens is 1. The average molecular weight is 367 g/mol. The third-order valence-electron chi connectivity index (χ3n) is 4.51. The summed E-state index contributed by atoms with van der Waals surface area (Å²) in [7, 11) is 0. The molecule has 1 amide bonds. The molecule has 3 rings (SSSR count). The number of benzene rings is 2. The zero-order valence-electron chi connectivity index (χ0n) is 15.1. The Kier molecular flexibility index (Phi) is 6.01. The van der Waals surface area contributed by atoms with Crippen LogP contribution in [0.2, 0.25) is 0 Å². The molecule has 6 heteroatoms. The Morgan fingerprint density at radius 3 is 2.85 bits per heavy atom. The SMILES string of the molecule is Cc1[nH]c2ccccc2c1CCNCc1ccc(C=CC(=O)NO)cc1F. The number of carbonyl (C=O) groups is 1. The normalized spacial score (nSPS) is 11.4. The molecule has 0 fully saturated rings. The molecule has 0 atom stereocenters. The minimum atomic E-state index is -0.659. The number of hydrogen-bond acceptors (Lipinski definition) is 3. The van der Waals surface area contributed by atoms with Gasteiger partial charge in [-0.25, -0.2) is 9.87 Å². The fourth-order valence-electron chi connectivity index (χ4n) is 3.11. The Labute approximate surface area is 156 Å². The zero-order valence-corrected chi connectivity index (χ0v) is 15.1. The van der Waals surface area contributed by atoms with Crippen molar-refractivity contribution in [3.63, 3.8) is 0 Å². The summed E-state index contributed by atoms with van der Waals surface area (Å²) < 4.78 is 14.2. The van der Waals surface area contributed by atoms with Gasteiger partial charge in [-0.3, -0.25) is 10.0 Å². The van der Waals surface area contributed by atoms with Crippen LogP contribution in [-0.4, -0.2) is 22.6 Å². The predicted molar refractivity (Wildman–Crippen MR) is 104 cm³/mol. The maximum atomic E-state index is 14.2. The molecule has 4 N–H and O–H groups in total. The van der Waals surface area contributed by atoms with E-state index in [1.54, 1.807) is 12.1 Å². The van der Waals surface area contributed by atoms with E-state index in [9.17, 15) is 9.18 Å². The van der Waals surface area contributed by atoms with Crippen molar-refractivity contribution in [3.8, 4) is 0 Å². The molecule has 0 aliphatic heterocycles. The second-order valence-corrected chi connectivity index (χ2v) is 6.36. The highest BCUT2D eigenvalue weighted by Gasteiger charge is 2.08. The predicted octanol–water partition coefficient (Wildman–Crippen LogP) is 3.47. The number of aromatic amines is 1. The van der Waals surface area contributed by atoms with Crippen LogP contribution < -0.4 is 10.8 Å². The van der Waals surface area contributed by atoms with Crippen molar-refractivity contribution in [2.45, 2.75) is 19.9 Å². The van der Waals surface area contributed by atoms with E-state index < -0.39 is 5.91 Å². The van der Waals surface area contributed by atoms with Crippen LogP contribution in [0.1, 0.15) is 22.4 Å². The summed E-state index contributed by atoms with van der Waals surface area (Å²) in [6, 6.07) is 13.0. The van der Waals surface area contributed by atoms with E-state index in [0.717, 1.165) is 30.3 Å². The Morgan fingerprint density at radius 1 is 1.26 bits per heavy atom. The first-order chi connectivity index (χ1) is 13.1. The summed E-state index contributed by atoms with van der Waals surface area (Å²) in [5.41, 5.74) is 6.18. The van der Waals surface area contributed by atoms with E-state index >= 15 is 0 Å². The van der Waals surface area contributed by atoms with E-state index in [4.69, 9.17) is 5.21 Å². The molecule has 1 aromatic heterocycles. The summed E-state index contributed by atoms with van der Waals surface area (Å²) in [5, 5.41) is 13.0. The van der Waals surface area contributed by atoms with E-state index in [2.05, 4.69) is 29.4 Å². The second-order valence-electron chi connectivity index (χ2n) is 6.36. The molecule has 0 spiro atoms. The Morgan fingerprint density at radius 2 is 2.07 bits per heavy atom. The fraction of sp³-hybridized carbons (Fsp3) is 0.190. The number of aromatic nitrogens is 1. The molecule has 5 nitrogen and oxygen atoms in total. The van der Waals surface area contributed by atoms with Gasteiger partial charge >= 0.3 is 0 Å². The number of aryl methyl sites for hydroxylation is 1. The molecule has 0 unspecified atom stereocenters. The number of carbonyl (C=O) groups excluding carboxylic acids is 1. The summed E-state index contributed by atoms with van der Waals surface area (Å²) in [5.74, 6) is -0.994. The van der Waals surface area contributed by atoms with Crippen LogP contribution >= 0.6 is 0 Å². The van der Waals surface area contributed by atoms with Gasteiger partial charge in [-0.2, -0.15) is 0 Å². The van der Waals surface area contributed by atoms with Crippen LogP contribution in [0.15, 0.2) is 48.5 Å². The minimum Gasteiger partial charge on any atom is -0.358 e. The number of para-hydroxylation sites is 1. The topological polar surface area (TPSA) is 77.2 Å². The average Bonchev–Trinajstić information content (AvgIpc) is 2.99. The first kappa shape index (κ1) is 18.8. The second kappa shape index (κ2) is 8.62. The Hall–Kier alpha value is -2.96. The van der Waals surface area contributed by atoms with Crippen LogP contribution in [0.4, 0.5) is 4.39 Å². The lowest BCUT2D eigenvalue weighted by Gasteiger charge is -2.07. The quantitative estimate of drug-likeness (QED) is 0.224. The lowest BCUT2D eigenvalue weighted by molar-refractivity contribution is -0.124. The molecule has 3 aromatic rings. The molecule has 0 saturated carbocycles. The van der Waals surface area contributed by atoms with Gasteiger partial charge < -0.3 is 10.3 Å². The largest absolute Gasteiger partial charge is 0.358 e. The minimum absolute atomic E-state index is 0.336. The lowest BCUT2D eigenvalue weighted by Crippen LogP contribution is -2.17. The highest BCUT2D eigenvalue weighted by molar-refractivity contribution is 5.90. The maximum absolute atomic E-state index is 14.2. The van der Waals surface area contributed by atoms with E-state index in [1.807, 2.05) is 12.1 Å². The van der Waals surface area contributed by atoms with Gasteiger partial charge in [0.15, 0.2) is 0 Å². The molecule has 0 aliphatic rings. The van der Waals surface area contributed by atoms with Gasteiger partial charge in [-0.05, 0) is 49.2 Å². The van der Waals surface area contributed by atoms with E-state index in [0.29, 0.717) is 17.7 Å². The number of hydroxylamine groups is 1. The fourth-order valence-corrected chi connectivity index (χ4v) is 3.11. The highest BCUT2D eigenvalue weighted by atomic mass is 19.1. The molecule has 0 saturated heterocycles. The van der Waals surface area contributed by atoms with Crippen LogP contribution in [0.5, 0.6) is 0 Å². The third kappa shape index (κ3) is 4.61. The van der Waals surface area contributed by atoms with Crippen molar-refractivity contribution >= 4 is 22.9 Å². The number of amides is 1. The van der Waals surface area contributed by atoms with Crippen molar-refractivity contribution in [2.24, 2.45) is 0 Å². The van der Waals surface area contributed by atoms with Crippen molar-refractivity contribution in [3.05, 3.63) is 76.7 Å². The van der Waals surface area contributed by atoms with Crippen molar-refractivity contribution in [2.75, 3.05) is 6.54 Å². The molecular weight excluding hydrogens is 345 g/mol. The number of hydrogen-bond donors (Lipinski definition) is 4. The van der Waals surface area contributed by atoms with Gasteiger partial charge in [-0.1, -0.05) is 30.3 Å². The van der Waals surface area contributed by atoms with Crippen LogP contribution in [0.3, 0.4) is 0 Å². The van der Waals surface area contributed by atoms with Gasteiger partial charge in [0.2, 0.25) is 0 Å². The van der Waals surface area contributed by atoms with Crippen LogP contribution in [0.25, 0.3) is 17.0 Å². The zero-order chi connectivity index (χ0) is 19.2. The van der Waals surface area contributed by atoms with E-state index in [-0.39, 0.29) is 5.82 Å². The van der Waals surface area contributed by atoms with Crippen LogP contribution in [0, 0.1) is 12.7 Å². The highest BCUT2D eigenvalue weighted by Crippen LogP contribution is 2.22. The standard InChI is InChI=1S/C21H22FN3O2/c1-14-17(18-4-2-3-5-20(18)24-14)10-11-23-13-16-8-6-15(12-19(16)22)7-9-21(26)25-27/h2-9,12,23-24,27H,10-11,13H2,1H3,(H,25,26). The Balaban J connectivity index is 1.56. The lowest BCUT2D eigenvalue weighted by atomic mass is 10.1. The number of H-pyrrole nitrogens is 1. The Bertz CT molecular complexity index is 979. The molecule has 140 valence electrons. The first-order valence-corrected chi connectivity index (χ1v) is 8.76. The van der Waals surface area contributed by atoms with E-state index in [1.165, 1.54) is 28.6 Å². The molecule has 0 aliphatic carbocycles.